The van der Waals surface area contributed by atoms with Crippen molar-refractivity contribution < 1.29 is 22.5 Å². The Morgan fingerprint density at radius 1 is 1.11 bits per heavy atom. The van der Waals surface area contributed by atoms with Gasteiger partial charge in [-0.15, -0.1) is 0 Å². The molecule has 0 N–H and O–H groups in total. The van der Waals surface area contributed by atoms with Crippen LogP contribution >= 0.6 is 0 Å². The summed E-state index contributed by atoms with van der Waals surface area (Å²) in [6.45, 7) is 0.0634. The molecule has 0 aliphatic carbocycles. The highest BCUT2D eigenvalue weighted by Gasteiger charge is 2.32. The average molecular weight is 374 g/mol. The van der Waals surface area contributed by atoms with Crippen LogP contribution in [-0.4, -0.2) is 17.7 Å². The van der Waals surface area contributed by atoms with E-state index in [-0.39, 0.29) is 18.0 Å². The molecule has 1 aromatic heterocycles. The lowest BCUT2D eigenvalue weighted by Gasteiger charge is -2.23. The fourth-order valence-corrected chi connectivity index (χ4v) is 2.66. The molecule has 3 rings (SSSR count). The van der Waals surface area contributed by atoms with Crippen molar-refractivity contribution in [3.63, 3.8) is 0 Å². The average Bonchev–Trinajstić information content (AvgIpc) is 3.12. The van der Waals surface area contributed by atoms with E-state index < -0.39 is 18.2 Å². The van der Waals surface area contributed by atoms with Crippen molar-refractivity contribution >= 4 is 11.6 Å². The molecular formula is C20H17F3N2O2. The van der Waals surface area contributed by atoms with E-state index >= 15 is 0 Å². The number of carbonyl (C=O) groups is 1. The first-order valence-corrected chi connectivity index (χ1v) is 8.24. The fraction of sp³-hybridized carbons (Fsp3) is 0.200. The van der Waals surface area contributed by atoms with Crippen LogP contribution in [0.4, 0.5) is 18.9 Å². The van der Waals surface area contributed by atoms with Crippen LogP contribution in [0.3, 0.4) is 0 Å². The van der Waals surface area contributed by atoms with E-state index in [1.54, 1.807) is 6.92 Å². The van der Waals surface area contributed by atoms with Gasteiger partial charge in [0.1, 0.15) is 11.3 Å². The zero-order valence-electron chi connectivity index (χ0n) is 14.5. The number of rotatable bonds is 6. The summed E-state index contributed by atoms with van der Waals surface area (Å²) in [7, 11) is 0. The highest BCUT2D eigenvalue weighted by atomic mass is 19.3. The summed E-state index contributed by atoms with van der Waals surface area (Å²) in [6.07, 6.45) is 1.32. The lowest BCUT2D eigenvalue weighted by atomic mass is 10.1. The van der Waals surface area contributed by atoms with Crippen LogP contribution in [0.1, 0.15) is 27.2 Å². The number of nitrogens with zero attached hydrogens (tertiary/aromatic N) is 2. The summed E-state index contributed by atoms with van der Waals surface area (Å²) >= 11 is 0. The molecule has 0 atom stereocenters. The van der Waals surface area contributed by atoms with Gasteiger partial charge in [0.15, 0.2) is 6.67 Å². The van der Waals surface area contributed by atoms with Crippen LogP contribution in [0.2, 0.25) is 0 Å². The Kier molecular flexibility index (Phi) is 5.30. The molecule has 0 aliphatic rings. The van der Waals surface area contributed by atoms with Gasteiger partial charge in [-0.2, -0.15) is 8.78 Å². The van der Waals surface area contributed by atoms with Gasteiger partial charge in [0.2, 0.25) is 0 Å². The number of alkyl halides is 3. The molecule has 1 amide bonds. The van der Waals surface area contributed by atoms with Gasteiger partial charge in [-0.3, -0.25) is 4.79 Å². The zero-order chi connectivity index (χ0) is 19.4. The Morgan fingerprint density at radius 3 is 2.33 bits per heavy atom. The Labute approximate surface area is 154 Å². The minimum Gasteiger partial charge on any atom is -0.361 e. The normalized spacial score (nSPS) is 11.4. The molecule has 1 heterocycles. The molecule has 27 heavy (non-hydrogen) atoms. The second-order valence-electron chi connectivity index (χ2n) is 6.06. The smallest absolute Gasteiger partial charge is 0.301 e. The van der Waals surface area contributed by atoms with E-state index in [4.69, 9.17) is 4.52 Å². The Balaban J connectivity index is 1.96. The van der Waals surface area contributed by atoms with E-state index in [1.165, 1.54) is 23.2 Å². The van der Waals surface area contributed by atoms with Gasteiger partial charge in [0, 0.05) is 11.3 Å². The molecule has 140 valence electrons. The highest BCUT2D eigenvalue weighted by molar-refractivity contribution is 6.06. The maximum atomic E-state index is 13.5. The summed E-state index contributed by atoms with van der Waals surface area (Å²) in [5.74, 6) is -3.57. The molecule has 7 heteroatoms. The molecule has 0 spiro atoms. The summed E-state index contributed by atoms with van der Waals surface area (Å²) < 4.78 is 44.5. The second kappa shape index (κ2) is 7.65. The van der Waals surface area contributed by atoms with Crippen molar-refractivity contribution in [1.82, 2.24) is 5.16 Å². The number of amides is 1. The lowest BCUT2D eigenvalue weighted by Crippen LogP contribution is -2.30. The number of carbonyl (C=O) groups excluding carboxylic acids is 1. The molecule has 0 aliphatic heterocycles. The van der Waals surface area contributed by atoms with Crippen LogP contribution in [0, 0.1) is 6.92 Å². The minimum absolute atomic E-state index is 0.225. The number of hydrogen-bond donors (Lipinski definition) is 0. The molecule has 0 bridgehead atoms. The molecule has 0 saturated carbocycles. The van der Waals surface area contributed by atoms with Crippen LogP contribution in [0.25, 0.3) is 0 Å². The van der Waals surface area contributed by atoms with Crippen LogP contribution in [0.5, 0.6) is 0 Å². The van der Waals surface area contributed by atoms with Crippen molar-refractivity contribution in [2.45, 2.75) is 19.4 Å². The SMILES string of the molecule is Cc1oncc1C(=O)N(Cc1ccccc1)c1ccc(C(F)(F)CF)cc1. The highest BCUT2D eigenvalue weighted by Crippen LogP contribution is 2.30. The molecule has 0 radical (unpaired) electrons. The van der Waals surface area contributed by atoms with E-state index in [0.29, 0.717) is 11.4 Å². The predicted octanol–water partition coefficient (Wildman–Crippen LogP) is 4.89. The van der Waals surface area contributed by atoms with Gasteiger partial charge in [0.05, 0.1) is 12.7 Å². The summed E-state index contributed by atoms with van der Waals surface area (Å²) in [5.41, 5.74) is 1.10. The summed E-state index contributed by atoms with van der Waals surface area (Å²) in [6, 6.07) is 14.2. The first-order valence-electron chi connectivity index (χ1n) is 8.24. The number of anilines is 1. The van der Waals surface area contributed by atoms with Crippen LogP contribution in [0.15, 0.2) is 65.3 Å². The molecule has 0 fully saturated rings. The van der Waals surface area contributed by atoms with Gasteiger partial charge < -0.3 is 9.42 Å². The monoisotopic (exact) mass is 374 g/mol. The van der Waals surface area contributed by atoms with E-state index in [1.807, 2.05) is 30.3 Å². The minimum atomic E-state index is -3.56. The van der Waals surface area contributed by atoms with Gasteiger partial charge in [-0.25, -0.2) is 4.39 Å². The fourth-order valence-electron chi connectivity index (χ4n) is 2.66. The number of aryl methyl sites for hydroxylation is 1. The van der Waals surface area contributed by atoms with Crippen molar-refractivity contribution in [3.8, 4) is 0 Å². The Bertz CT molecular complexity index is 908. The molecule has 4 nitrogen and oxygen atoms in total. The quantitative estimate of drug-likeness (QED) is 0.617. The van der Waals surface area contributed by atoms with Gasteiger partial charge in [0.25, 0.3) is 5.91 Å². The summed E-state index contributed by atoms with van der Waals surface area (Å²) in [4.78, 5) is 14.4. The maximum Gasteiger partial charge on any atom is 0.301 e. The number of hydrogen-bond acceptors (Lipinski definition) is 3. The number of aromatic nitrogens is 1. The number of halogens is 3. The molecular weight excluding hydrogens is 357 g/mol. The van der Waals surface area contributed by atoms with Crippen molar-refractivity contribution in [2.75, 3.05) is 11.6 Å². The van der Waals surface area contributed by atoms with Crippen molar-refractivity contribution in [2.24, 2.45) is 0 Å². The molecule has 2 aromatic carbocycles. The maximum absolute atomic E-state index is 13.5. The molecule has 0 unspecified atom stereocenters. The lowest BCUT2D eigenvalue weighted by molar-refractivity contribution is -0.0280. The predicted molar refractivity (Wildman–Crippen MR) is 94.5 cm³/mol. The van der Waals surface area contributed by atoms with Gasteiger partial charge in [-0.05, 0) is 24.6 Å². The topological polar surface area (TPSA) is 46.3 Å². The standard InChI is InChI=1S/C20H17F3N2O2/c1-14-18(11-24-27-14)19(26)25(12-15-5-3-2-4-6-15)17-9-7-16(8-10-17)20(22,23)13-21/h2-11H,12-13H2,1H3. The first kappa shape index (κ1) is 18.7. The summed E-state index contributed by atoms with van der Waals surface area (Å²) in [5, 5.41) is 3.62. The van der Waals surface area contributed by atoms with Crippen LogP contribution in [-0.2, 0) is 12.5 Å². The third-order valence-electron chi connectivity index (χ3n) is 4.18. The van der Waals surface area contributed by atoms with E-state index in [2.05, 4.69) is 5.16 Å². The molecule has 0 saturated heterocycles. The third kappa shape index (κ3) is 4.02. The van der Waals surface area contributed by atoms with Gasteiger partial charge in [-0.1, -0.05) is 47.6 Å². The van der Waals surface area contributed by atoms with Crippen molar-refractivity contribution in [1.29, 1.82) is 0 Å². The van der Waals surface area contributed by atoms with Gasteiger partial charge >= 0.3 is 5.92 Å². The zero-order valence-corrected chi connectivity index (χ0v) is 14.5. The van der Waals surface area contributed by atoms with E-state index in [9.17, 15) is 18.0 Å². The largest absolute Gasteiger partial charge is 0.361 e. The first-order chi connectivity index (χ1) is 12.9. The number of benzene rings is 2. The Hall–Kier alpha value is -3.09. The Morgan fingerprint density at radius 2 is 1.78 bits per heavy atom. The van der Waals surface area contributed by atoms with Crippen LogP contribution < -0.4 is 4.90 Å². The van der Waals surface area contributed by atoms with Crippen molar-refractivity contribution in [3.05, 3.63) is 83.2 Å². The third-order valence-corrected chi connectivity index (χ3v) is 4.18. The van der Waals surface area contributed by atoms with E-state index in [0.717, 1.165) is 17.7 Å². The second-order valence-corrected chi connectivity index (χ2v) is 6.06. The molecule has 3 aromatic rings.